The molecule has 1 aliphatic carbocycles. The van der Waals surface area contributed by atoms with E-state index in [1.54, 1.807) is 6.92 Å². The third-order valence-corrected chi connectivity index (χ3v) is 5.09. The highest BCUT2D eigenvalue weighted by Gasteiger charge is 2.30. The van der Waals surface area contributed by atoms with Crippen LogP contribution in [-0.4, -0.2) is 45.0 Å². The van der Waals surface area contributed by atoms with Crippen molar-refractivity contribution in [3.8, 4) is 0 Å². The largest absolute Gasteiger partial charge is 0.349 e. The number of carbonyl (C=O) groups excluding carboxylic acids is 3. The maximum Gasteiger partial charge on any atom is 0.242 e. The lowest BCUT2D eigenvalue weighted by molar-refractivity contribution is -0.138. The van der Waals surface area contributed by atoms with E-state index in [9.17, 15) is 14.4 Å². The minimum absolute atomic E-state index is 0.207. The SMILES string of the molecule is CC(=O)N[C@@H](C)C(=O)NCc1cc2n(n1)CCCN(C(=O)C1CCC1)C2. The Morgan fingerprint density at radius 1 is 1.27 bits per heavy atom. The van der Waals surface area contributed by atoms with Crippen LogP contribution in [0.1, 0.15) is 50.9 Å². The smallest absolute Gasteiger partial charge is 0.242 e. The van der Waals surface area contributed by atoms with Gasteiger partial charge in [-0.05, 0) is 32.3 Å². The monoisotopic (exact) mass is 361 g/mol. The summed E-state index contributed by atoms with van der Waals surface area (Å²) < 4.78 is 1.94. The van der Waals surface area contributed by atoms with Crippen molar-refractivity contribution >= 4 is 17.7 Å². The molecule has 1 aromatic rings. The van der Waals surface area contributed by atoms with Crippen LogP contribution < -0.4 is 10.6 Å². The van der Waals surface area contributed by atoms with Crippen LogP contribution in [0.15, 0.2) is 6.07 Å². The van der Waals surface area contributed by atoms with E-state index in [1.807, 2.05) is 15.6 Å². The standard InChI is InChI=1S/C18H27N5O3/c1-12(20-13(2)24)17(25)19-10-15-9-16-11-22(7-4-8-23(16)21-15)18(26)14-5-3-6-14/h9,12,14H,3-8,10-11H2,1-2H3,(H,19,25)(H,20,24)/t12-/m0/s1. The van der Waals surface area contributed by atoms with Crippen molar-refractivity contribution in [1.29, 1.82) is 0 Å². The van der Waals surface area contributed by atoms with Gasteiger partial charge in [-0.3, -0.25) is 19.1 Å². The van der Waals surface area contributed by atoms with Crippen molar-refractivity contribution in [2.24, 2.45) is 5.92 Å². The van der Waals surface area contributed by atoms with Crippen molar-refractivity contribution in [2.75, 3.05) is 6.54 Å². The van der Waals surface area contributed by atoms with Gasteiger partial charge in [0, 0.05) is 25.9 Å². The Morgan fingerprint density at radius 2 is 2.04 bits per heavy atom. The molecule has 0 saturated heterocycles. The summed E-state index contributed by atoms with van der Waals surface area (Å²) in [5, 5.41) is 9.90. The quantitative estimate of drug-likeness (QED) is 0.801. The molecule has 8 heteroatoms. The number of hydrogen-bond donors (Lipinski definition) is 2. The summed E-state index contributed by atoms with van der Waals surface area (Å²) in [5.41, 5.74) is 1.77. The number of nitrogens with zero attached hydrogens (tertiary/aromatic N) is 3. The maximum atomic E-state index is 12.5. The van der Waals surface area contributed by atoms with Gasteiger partial charge < -0.3 is 15.5 Å². The molecule has 1 saturated carbocycles. The molecule has 3 rings (SSSR count). The average molecular weight is 361 g/mol. The highest BCUT2D eigenvalue weighted by molar-refractivity contribution is 5.86. The Balaban J connectivity index is 1.58. The highest BCUT2D eigenvalue weighted by Crippen LogP contribution is 2.29. The fourth-order valence-corrected chi connectivity index (χ4v) is 3.41. The number of aryl methyl sites for hydroxylation is 1. The van der Waals surface area contributed by atoms with E-state index in [0.717, 1.165) is 50.2 Å². The van der Waals surface area contributed by atoms with Crippen LogP contribution >= 0.6 is 0 Å². The molecule has 26 heavy (non-hydrogen) atoms. The Labute approximate surface area is 153 Å². The van der Waals surface area contributed by atoms with Crippen LogP contribution in [0.25, 0.3) is 0 Å². The number of rotatable bonds is 5. The van der Waals surface area contributed by atoms with E-state index in [1.165, 1.54) is 6.92 Å². The topological polar surface area (TPSA) is 96.3 Å². The lowest BCUT2D eigenvalue weighted by Crippen LogP contribution is -2.43. The van der Waals surface area contributed by atoms with Gasteiger partial charge in [0.05, 0.1) is 24.5 Å². The van der Waals surface area contributed by atoms with E-state index in [0.29, 0.717) is 13.1 Å². The highest BCUT2D eigenvalue weighted by atomic mass is 16.2. The van der Waals surface area contributed by atoms with Crippen molar-refractivity contribution in [1.82, 2.24) is 25.3 Å². The first-order valence-electron chi connectivity index (χ1n) is 9.33. The summed E-state index contributed by atoms with van der Waals surface area (Å²) in [4.78, 5) is 37.5. The van der Waals surface area contributed by atoms with Gasteiger partial charge in [-0.25, -0.2) is 0 Å². The van der Waals surface area contributed by atoms with Crippen LogP contribution in [0.2, 0.25) is 0 Å². The van der Waals surface area contributed by atoms with Crippen molar-refractivity contribution in [3.63, 3.8) is 0 Å². The molecular formula is C18H27N5O3. The van der Waals surface area contributed by atoms with E-state index in [-0.39, 0.29) is 23.6 Å². The summed E-state index contributed by atoms with van der Waals surface area (Å²) in [6.07, 6.45) is 4.07. The predicted octanol–water partition coefficient (Wildman–Crippen LogP) is 0.556. The van der Waals surface area contributed by atoms with Gasteiger partial charge in [0.1, 0.15) is 6.04 Å². The van der Waals surface area contributed by atoms with Crippen LogP contribution in [0, 0.1) is 5.92 Å². The van der Waals surface area contributed by atoms with Gasteiger partial charge in [-0.15, -0.1) is 0 Å². The summed E-state index contributed by atoms with van der Waals surface area (Å²) >= 11 is 0. The first-order valence-corrected chi connectivity index (χ1v) is 9.33. The van der Waals surface area contributed by atoms with E-state index in [4.69, 9.17) is 0 Å². The molecule has 142 valence electrons. The number of amides is 3. The second-order valence-corrected chi connectivity index (χ2v) is 7.23. The molecular weight excluding hydrogens is 334 g/mol. The summed E-state index contributed by atoms with van der Waals surface area (Å²) in [6.45, 7) is 5.47. The van der Waals surface area contributed by atoms with Crippen molar-refractivity contribution in [3.05, 3.63) is 17.5 Å². The summed E-state index contributed by atoms with van der Waals surface area (Å²) in [7, 11) is 0. The number of nitrogens with one attached hydrogen (secondary N) is 2. The number of carbonyl (C=O) groups is 3. The summed E-state index contributed by atoms with van der Waals surface area (Å²) in [5.74, 6) is -0.00821. The van der Waals surface area contributed by atoms with Crippen LogP contribution in [0.3, 0.4) is 0 Å². The number of aromatic nitrogens is 2. The van der Waals surface area contributed by atoms with Gasteiger partial charge in [0.2, 0.25) is 17.7 Å². The lowest BCUT2D eigenvalue weighted by atomic mass is 9.84. The predicted molar refractivity (Wildman–Crippen MR) is 94.7 cm³/mol. The number of fused-ring (bicyclic) bond motifs is 1. The fraction of sp³-hybridized carbons (Fsp3) is 0.667. The lowest BCUT2D eigenvalue weighted by Gasteiger charge is -2.30. The molecule has 0 aromatic carbocycles. The molecule has 8 nitrogen and oxygen atoms in total. The van der Waals surface area contributed by atoms with Crippen molar-refractivity contribution in [2.45, 2.75) is 65.2 Å². The second-order valence-electron chi connectivity index (χ2n) is 7.23. The minimum Gasteiger partial charge on any atom is -0.349 e. The molecule has 2 heterocycles. The van der Waals surface area contributed by atoms with Gasteiger partial charge in [0.25, 0.3) is 0 Å². The Kier molecular flexibility index (Phi) is 5.58. The zero-order valence-electron chi connectivity index (χ0n) is 15.5. The summed E-state index contributed by atoms with van der Waals surface area (Å²) in [6, 6.07) is 1.37. The molecule has 3 amide bonds. The maximum absolute atomic E-state index is 12.5. The molecule has 2 aliphatic rings. The number of hydrogen-bond acceptors (Lipinski definition) is 4. The third kappa shape index (κ3) is 4.23. The van der Waals surface area contributed by atoms with Crippen LogP contribution in [0.5, 0.6) is 0 Å². The van der Waals surface area contributed by atoms with Crippen LogP contribution in [0.4, 0.5) is 0 Å². The third-order valence-electron chi connectivity index (χ3n) is 5.09. The van der Waals surface area contributed by atoms with Crippen LogP contribution in [-0.2, 0) is 34.0 Å². The fourth-order valence-electron chi connectivity index (χ4n) is 3.41. The first kappa shape index (κ1) is 18.4. The molecule has 0 unspecified atom stereocenters. The normalized spacial score (nSPS) is 18.3. The molecule has 0 bridgehead atoms. The Hall–Kier alpha value is -2.38. The molecule has 1 atom stereocenters. The second kappa shape index (κ2) is 7.88. The molecule has 2 N–H and O–H groups in total. The molecule has 0 radical (unpaired) electrons. The molecule has 1 fully saturated rings. The molecule has 0 spiro atoms. The van der Waals surface area contributed by atoms with E-state index in [2.05, 4.69) is 15.7 Å². The van der Waals surface area contributed by atoms with Crippen molar-refractivity contribution < 1.29 is 14.4 Å². The zero-order chi connectivity index (χ0) is 18.7. The van der Waals surface area contributed by atoms with Gasteiger partial charge in [-0.1, -0.05) is 6.42 Å². The zero-order valence-corrected chi connectivity index (χ0v) is 15.5. The van der Waals surface area contributed by atoms with E-state index < -0.39 is 6.04 Å². The van der Waals surface area contributed by atoms with Gasteiger partial charge >= 0.3 is 0 Å². The Morgan fingerprint density at radius 3 is 2.69 bits per heavy atom. The van der Waals surface area contributed by atoms with E-state index >= 15 is 0 Å². The first-order chi connectivity index (χ1) is 12.4. The molecule has 1 aliphatic heterocycles. The Bertz CT molecular complexity index is 695. The van der Waals surface area contributed by atoms with Gasteiger partial charge in [-0.2, -0.15) is 5.10 Å². The van der Waals surface area contributed by atoms with Gasteiger partial charge in [0.15, 0.2) is 0 Å². The minimum atomic E-state index is -0.580. The average Bonchev–Trinajstić information content (AvgIpc) is 2.80. The molecule has 1 aromatic heterocycles.